The summed E-state index contributed by atoms with van der Waals surface area (Å²) in [5, 5.41) is 9.36. The highest BCUT2D eigenvalue weighted by molar-refractivity contribution is 9.10. The molecule has 2 heterocycles. The zero-order chi connectivity index (χ0) is 23.4. The van der Waals surface area contributed by atoms with Gasteiger partial charge in [-0.15, -0.1) is 0 Å². The first-order valence-corrected chi connectivity index (χ1v) is 12.1. The summed E-state index contributed by atoms with van der Waals surface area (Å²) in [6.45, 7) is 3.29. The van der Waals surface area contributed by atoms with Crippen molar-refractivity contribution in [2.45, 2.75) is 25.3 Å². The second-order valence-electron chi connectivity index (χ2n) is 8.59. The molecule has 9 nitrogen and oxygen atoms in total. The highest BCUT2D eigenvalue weighted by Gasteiger charge is 2.33. The maximum Gasteiger partial charge on any atom is 0.253 e. The van der Waals surface area contributed by atoms with Crippen molar-refractivity contribution < 1.29 is 9.59 Å². The SMILES string of the molecule is CNC(=O)[C@H]1CCC[C@H]1Nc1nc(Nc2ccc(C(=O)N3CCN(C)CC3)cc2)ncc1Br. The van der Waals surface area contributed by atoms with E-state index in [0.29, 0.717) is 17.3 Å². The third-order valence-corrected chi connectivity index (χ3v) is 6.92. The lowest BCUT2D eigenvalue weighted by Crippen LogP contribution is -2.47. The number of hydrogen-bond acceptors (Lipinski definition) is 7. The molecule has 0 unspecified atom stereocenters. The van der Waals surface area contributed by atoms with Crippen LogP contribution in [0.2, 0.25) is 0 Å². The number of benzene rings is 1. The van der Waals surface area contributed by atoms with Gasteiger partial charge in [0, 0.05) is 56.7 Å². The zero-order valence-electron chi connectivity index (χ0n) is 19.0. The second kappa shape index (κ2) is 10.5. The predicted molar refractivity (Wildman–Crippen MR) is 132 cm³/mol. The molecule has 2 aromatic rings. The summed E-state index contributed by atoms with van der Waals surface area (Å²) in [6, 6.07) is 7.41. The lowest BCUT2D eigenvalue weighted by Gasteiger charge is -2.32. The maximum absolute atomic E-state index is 12.7. The van der Waals surface area contributed by atoms with Crippen molar-refractivity contribution in [2.75, 3.05) is 50.9 Å². The summed E-state index contributed by atoms with van der Waals surface area (Å²) in [5.74, 6) is 1.13. The Morgan fingerprint density at radius 1 is 1.09 bits per heavy atom. The molecule has 33 heavy (non-hydrogen) atoms. The Hall–Kier alpha value is -2.72. The number of carbonyl (C=O) groups is 2. The van der Waals surface area contributed by atoms with E-state index in [4.69, 9.17) is 0 Å². The largest absolute Gasteiger partial charge is 0.365 e. The summed E-state index contributed by atoms with van der Waals surface area (Å²) in [6.07, 6.45) is 4.47. The normalized spacial score (nSPS) is 21.0. The first kappa shape index (κ1) is 23.4. The molecule has 176 valence electrons. The minimum Gasteiger partial charge on any atom is -0.365 e. The molecule has 0 bridgehead atoms. The van der Waals surface area contributed by atoms with Crippen LogP contribution in [-0.4, -0.2) is 77.9 Å². The molecule has 0 radical (unpaired) electrons. The molecular weight excluding hydrogens is 486 g/mol. The number of anilines is 3. The molecule has 4 rings (SSSR count). The van der Waals surface area contributed by atoms with Crippen molar-refractivity contribution in [3.05, 3.63) is 40.5 Å². The lowest BCUT2D eigenvalue weighted by atomic mass is 10.0. The van der Waals surface area contributed by atoms with Gasteiger partial charge < -0.3 is 25.8 Å². The van der Waals surface area contributed by atoms with Crippen LogP contribution in [0.25, 0.3) is 0 Å². The van der Waals surface area contributed by atoms with Crippen molar-refractivity contribution in [2.24, 2.45) is 5.92 Å². The smallest absolute Gasteiger partial charge is 0.253 e. The first-order chi connectivity index (χ1) is 15.9. The van der Waals surface area contributed by atoms with Crippen LogP contribution in [0, 0.1) is 5.92 Å². The van der Waals surface area contributed by atoms with E-state index in [1.165, 1.54) is 0 Å². The van der Waals surface area contributed by atoms with Gasteiger partial charge in [0.05, 0.1) is 10.4 Å². The van der Waals surface area contributed by atoms with Crippen LogP contribution < -0.4 is 16.0 Å². The van der Waals surface area contributed by atoms with Gasteiger partial charge in [0.25, 0.3) is 5.91 Å². The minimum atomic E-state index is -0.0707. The molecule has 2 aliphatic rings. The summed E-state index contributed by atoms with van der Waals surface area (Å²) < 4.78 is 0.740. The van der Waals surface area contributed by atoms with Crippen LogP contribution in [0.4, 0.5) is 17.5 Å². The molecule has 1 saturated heterocycles. The van der Waals surface area contributed by atoms with Gasteiger partial charge in [0.1, 0.15) is 5.82 Å². The first-order valence-electron chi connectivity index (χ1n) is 11.3. The number of hydrogen-bond donors (Lipinski definition) is 3. The minimum absolute atomic E-state index is 0.0314. The Morgan fingerprint density at radius 2 is 1.82 bits per heavy atom. The fraction of sp³-hybridized carbons (Fsp3) is 0.478. The highest BCUT2D eigenvalue weighted by Crippen LogP contribution is 2.31. The molecule has 0 spiro atoms. The number of nitrogens with one attached hydrogen (secondary N) is 3. The lowest BCUT2D eigenvalue weighted by molar-refractivity contribution is -0.124. The van der Waals surface area contributed by atoms with Crippen LogP contribution >= 0.6 is 15.9 Å². The molecule has 1 aliphatic carbocycles. The summed E-state index contributed by atoms with van der Waals surface area (Å²) >= 11 is 3.50. The van der Waals surface area contributed by atoms with Crippen molar-refractivity contribution in [1.82, 2.24) is 25.1 Å². The average molecular weight is 516 g/mol. The van der Waals surface area contributed by atoms with E-state index in [2.05, 4.69) is 53.8 Å². The van der Waals surface area contributed by atoms with Crippen LogP contribution in [0.15, 0.2) is 34.9 Å². The number of likely N-dealkylation sites (N-methyl/N-ethyl adjacent to an activating group) is 1. The maximum atomic E-state index is 12.7. The standard InChI is InChI=1S/C23H30BrN7O2/c1-25-21(32)17-4-3-5-19(17)28-20-18(24)14-26-23(29-20)27-16-8-6-15(7-9-16)22(33)31-12-10-30(2)11-13-31/h6-9,14,17,19H,3-5,10-13H2,1-2H3,(H,25,32)(H2,26,27,28,29)/t17-,19+/m0/s1. The molecule has 1 saturated carbocycles. The third kappa shape index (κ3) is 5.62. The van der Waals surface area contributed by atoms with E-state index in [9.17, 15) is 9.59 Å². The Labute approximate surface area is 202 Å². The van der Waals surface area contributed by atoms with Gasteiger partial charge in [-0.1, -0.05) is 6.42 Å². The number of carbonyl (C=O) groups excluding carboxylic acids is 2. The van der Waals surface area contributed by atoms with Gasteiger partial charge in [0.2, 0.25) is 11.9 Å². The monoisotopic (exact) mass is 515 g/mol. The topological polar surface area (TPSA) is 102 Å². The fourth-order valence-electron chi connectivity index (χ4n) is 4.35. The van der Waals surface area contributed by atoms with Gasteiger partial charge >= 0.3 is 0 Å². The van der Waals surface area contributed by atoms with Crippen molar-refractivity contribution in [3.63, 3.8) is 0 Å². The zero-order valence-corrected chi connectivity index (χ0v) is 20.6. The van der Waals surface area contributed by atoms with Gasteiger partial charge in [-0.25, -0.2) is 4.98 Å². The van der Waals surface area contributed by atoms with E-state index in [1.54, 1.807) is 13.2 Å². The second-order valence-corrected chi connectivity index (χ2v) is 9.44. The van der Waals surface area contributed by atoms with E-state index in [0.717, 1.165) is 55.6 Å². The van der Waals surface area contributed by atoms with Gasteiger partial charge in [0.15, 0.2) is 0 Å². The van der Waals surface area contributed by atoms with Crippen molar-refractivity contribution >= 4 is 45.2 Å². The van der Waals surface area contributed by atoms with Crippen molar-refractivity contribution in [1.29, 1.82) is 0 Å². The van der Waals surface area contributed by atoms with Crippen LogP contribution in [0.1, 0.15) is 29.6 Å². The molecule has 2 amide bonds. The number of amides is 2. The molecule has 1 aliphatic heterocycles. The van der Waals surface area contributed by atoms with Crippen LogP contribution in [0.3, 0.4) is 0 Å². The Balaban J connectivity index is 1.41. The molecule has 10 heteroatoms. The number of rotatable bonds is 6. The molecule has 3 N–H and O–H groups in total. The summed E-state index contributed by atoms with van der Waals surface area (Å²) in [4.78, 5) is 38.0. The van der Waals surface area contributed by atoms with Crippen LogP contribution in [-0.2, 0) is 4.79 Å². The van der Waals surface area contributed by atoms with Gasteiger partial charge in [-0.05, 0) is 60.1 Å². The number of halogens is 1. The quantitative estimate of drug-likeness (QED) is 0.543. The van der Waals surface area contributed by atoms with E-state index >= 15 is 0 Å². The predicted octanol–water partition coefficient (Wildman–Crippen LogP) is 2.70. The van der Waals surface area contributed by atoms with Gasteiger partial charge in [-0.3, -0.25) is 9.59 Å². The molecule has 1 aromatic heterocycles. The molecule has 2 atom stereocenters. The molecule has 1 aromatic carbocycles. The van der Waals surface area contributed by atoms with E-state index in [1.807, 2.05) is 29.2 Å². The Kier molecular flexibility index (Phi) is 7.44. The number of aromatic nitrogens is 2. The fourth-order valence-corrected chi connectivity index (χ4v) is 4.66. The molecule has 2 fully saturated rings. The Bertz CT molecular complexity index is 993. The summed E-state index contributed by atoms with van der Waals surface area (Å²) in [5.41, 5.74) is 1.47. The Morgan fingerprint density at radius 3 is 2.52 bits per heavy atom. The number of piperazine rings is 1. The van der Waals surface area contributed by atoms with Crippen molar-refractivity contribution in [3.8, 4) is 0 Å². The van der Waals surface area contributed by atoms with E-state index < -0.39 is 0 Å². The van der Waals surface area contributed by atoms with E-state index in [-0.39, 0.29) is 23.8 Å². The van der Waals surface area contributed by atoms with Crippen LogP contribution in [0.5, 0.6) is 0 Å². The van der Waals surface area contributed by atoms with Gasteiger partial charge in [-0.2, -0.15) is 4.98 Å². The number of nitrogens with zero attached hydrogens (tertiary/aromatic N) is 4. The highest BCUT2D eigenvalue weighted by atomic mass is 79.9. The molecular formula is C23H30BrN7O2. The summed E-state index contributed by atoms with van der Waals surface area (Å²) in [7, 11) is 3.74. The average Bonchev–Trinajstić information content (AvgIpc) is 3.29. The third-order valence-electron chi connectivity index (χ3n) is 6.34.